The van der Waals surface area contributed by atoms with Crippen LogP contribution in [0.1, 0.15) is 5.56 Å². The third kappa shape index (κ3) is 3.88. The van der Waals surface area contributed by atoms with Crippen molar-refractivity contribution in [3.05, 3.63) is 66.1 Å². The van der Waals surface area contributed by atoms with E-state index in [1.54, 1.807) is 12.1 Å². The zero-order chi connectivity index (χ0) is 16.1. The highest BCUT2D eigenvalue weighted by Crippen LogP contribution is 2.17. The van der Waals surface area contributed by atoms with Gasteiger partial charge >= 0.3 is 0 Å². The molecule has 1 aromatic heterocycles. The van der Waals surface area contributed by atoms with Gasteiger partial charge in [-0.25, -0.2) is 4.39 Å². The van der Waals surface area contributed by atoms with Crippen molar-refractivity contribution in [3.63, 3.8) is 0 Å². The SMILES string of the molecule is O=C(CNc1ccc(F)cc1)NCCc1c[nH]c2ccccc12. The molecule has 3 N–H and O–H groups in total. The molecular weight excluding hydrogens is 293 g/mol. The number of carbonyl (C=O) groups excluding carboxylic acids is 1. The van der Waals surface area contributed by atoms with Crippen LogP contribution >= 0.6 is 0 Å². The summed E-state index contributed by atoms with van der Waals surface area (Å²) in [6.45, 7) is 0.741. The maximum atomic E-state index is 12.8. The smallest absolute Gasteiger partial charge is 0.239 e. The second kappa shape index (κ2) is 6.96. The quantitative estimate of drug-likeness (QED) is 0.655. The number of fused-ring (bicyclic) bond motifs is 1. The van der Waals surface area contributed by atoms with E-state index in [0.717, 1.165) is 17.6 Å². The van der Waals surface area contributed by atoms with E-state index in [0.29, 0.717) is 6.54 Å². The maximum absolute atomic E-state index is 12.8. The average Bonchev–Trinajstić information content (AvgIpc) is 2.98. The second-order valence-corrected chi connectivity index (χ2v) is 5.32. The fourth-order valence-electron chi connectivity index (χ4n) is 2.49. The van der Waals surface area contributed by atoms with Crippen molar-refractivity contribution in [1.29, 1.82) is 0 Å². The van der Waals surface area contributed by atoms with Crippen molar-refractivity contribution in [2.24, 2.45) is 0 Å². The summed E-state index contributed by atoms with van der Waals surface area (Å²) < 4.78 is 12.8. The van der Waals surface area contributed by atoms with Crippen LogP contribution in [0.25, 0.3) is 10.9 Å². The molecule has 2 aromatic carbocycles. The lowest BCUT2D eigenvalue weighted by Crippen LogP contribution is -2.31. The van der Waals surface area contributed by atoms with Gasteiger partial charge in [0.2, 0.25) is 5.91 Å². The van der Waals surface area contributed by atoms with Crippen LogP contribution in [0.4, 0.5) is 10.1 Å². The van der Waals surface area contributed by atoms with Gasteiger partial charge < -0.3 is 15.6 Å². The van der Waals surface area contributed by atoms with Gasteiger partial charge in [0.25, 0.3) is 0 Å². The third-order valence-corrected chi connectivity index (χ3v) is 3.69. The van der Waals surface area contributed by atoms with Crippen molar-refractivity contribution < 1.29 is 9.18 Å². The lowest BCUT2D eigenvalue weighted by Gasteiger charge is -2.07. The molecule has 23 heavy (non-hydrogen) atoms. The minimum absolute atomic E-state index is 0.0887. The van der Waals surface area contributed by atoms with Crippen LogP contribution in [0.2, 0.25) is 0 Å². The van der Waals surface area contributed by atoms with Gasteiger partial charge in [-0.15, -0.1) is 0 Å². The van der Waals surface area contributed by atoms with Crippen molar-refractivity contribution in [1.82, 2.24) is 10.3 Å². The Labute approximate surface area is 133 Å². The number of amides is 1. The summed E-state index contributed by atoms with van der Waals surface area (Å²) in [6.07, 6.45) is 2.75. The van der Waals surface area contributed by atoms with E-state index in [4.69, 9.17) is 0 Å². The highest BCUT2D eigenvalue weighted by atomic mass is 19.1. The molecule has 0 bridgehead atoms. The third-order valence-electron chi connectivity index (χ3n) is 3.69. The number of hydrogen-bond acceptors (Lipinski definition) is 2. The van der Waals surface area contributed by atoms with Gasteiger partial charge in [0.15, 0.2) is 0 Å². The number of anilines is 1. The number of para-hydroxylation sites is 1. The van der Waals surface area contributed by atoms with Crippen molar-refractivity contribution in [3.8, 4) is 0 Å². The first-order valence-electron chi connectivity index (χ1n) is 7.53. The number of halogens is 1. The molecular formula is C18H18FN3O. The molecule has 0 aliphatic carbocycles. The summed E-state index contributed by atoms with van der Waals surface area (Å²) in [5.74, 6) is -0.382. The van der Waals surface area contributed by atoms with Crippen LogP contribution in [-0.4, -0.2) is 24.0 Å². The zero-order valence-corrected chi connectivity index (χ0v) is 12.6. The molecule has 0 spiro atoms. The number of nitrogens with one attached hydrogen (secondary N) is 3. The Morgan fingerprint density at radius 1 is 1.09 bits per heavy atom. The van der Waals surface area contributed by atoms with Gasteiger partial charge in [-0.3, -0.25) is 4.79 Å². The molecule has 4 nitrogen and oxygen atoms in total. The summed E-state index contributed by atoms with van der Waals surface area (Å²) >= 11 is 0. The lowest BCUT2D eigenvalue weighted by atomic mass is 10.1. The Hall–Kier alpha value is -2.82. The molecule has 0 fully saturated rings. The second-order valence-electron chi connectivity index (χ2n) is 5.32. The number of hydrogen-bond donors (Lipinski definition) is 3. The predicted molar refractivity (Wildman–Crippen MR) is 89.9 cm³/mol. The van der Waals surface area contributed by atoms with Crippen molar-refractivity contribution in [2.45, 2.75) is 6.42 Å². The Kier molecular flexibility index (Phi) is 4.57. The molecule has 3 rings (SSSR count). The molecule has 0 saturated heterocycles. The first-order valence-corrected chi connectivity index (χ1v) is 7.53. The van der Waals surface area contributed by atoms with E-state index in [1.807, 2.05) is 24.4 Å². The molecule has 1 amide bonds. The van der Waals surface area contributed by atoms with Gasteiger partial charge in [-0.05, 0) is 42.3 Å². The Bertz CT molecular complexity index is 795. The van der Waals surface area contributed by atoms with Crippen LogP contribution in [-0.2, 0) is 11.2 Å². The number of carbonyl (C=O) groups is 1. The zero-order valence-electron chi connectivity index (χ0n) is 12.6. The van der Waals surface area contributed by atoms with Gasteiger partial charge in [0.1, 0.15) is 5.82 Å². The van der Waals surface area contributed by atoms with E-state index < -0.39 is 0 Å². The van der Waals surface area contributed by atoms with E-state index in [-0.39, 0.29) is 18.3 Å². The number of H-pyrrole nitrogens is 1. The number of aromatic nitrogens is 1. The summed E-state index contributed by atoms with van der Waals surface area (Å²) in [7, 11) is 0. The Balaban J connectivity index is 1.45. The largest absolute Gasteiger partial charge is 0.376 e. The molecule has 0 radical (unpaired) electrons. The molecule has 0 unspecified atom stereocenters. The molecule has 1 heterocycles. The summed E-state index contributed by atoms with van der Waals surface area (Å²) in [6, 6.07) is 14.0. The molecule has 3 aromatic rings. The molecule has 0 aliphatic heterocycles. The molecule has 0 atom stereocenters. The van der Waals surface area contributed by atoms with Crippen LogP contribution in [0.3, 0.4) is 0 Å². The summed E-state index contributed by atoms with van der Waals surface area (Å²) in [5.41, 5.74) is 3.01. The fourth-order valence-corrected chi connectivity index (χ4v) is 2.49. The van der Waals surface area contributed by atoms with Crippen LogP contribution in [0, 0.1) is 5.82 Å². The molecule has 0 saturated carbocycles. The number of rotatable bonds is 6. The normalized spacial score (nSPS) is 10.7. The van der Waals surface area contributed by atoms with Crippen molar-refractivity contribution >= 4 is 22.5 Å². The summed E-state index contributed by atoms with van der Waals surface area (Å²) in [5, 5.41) is 7.02. The Morgan fingerprint density at radius 3 is 2.70 bits per heavy atom. The van der Waals surface area contributed by atoms with E-state index >= 15 is 0 Å². The molecule has 0 aliphatic rings. The first kappa shape index (κ1) is 15.1. The highest BCUT2D eigenvalue weighted by Gasteiger charge is 2.04. The van der Waals surface area contributed by atoms with Gasteiger partial charge in [0, 0.05) is 29.3 Å². The van der Waals surface area contributed by atoms with Crippen LogP contribution in [0.15, 0.2) is 54.7 Å². The number of aromatic amines is 1. The maximum Gasteiger partial charge on any atom is 0.239 e. The van der Waals surface area contributed by atoms with E-state index in [1.165, 1.54) is 23.1 Å². The van der Waals surface area contributed by atoms with E-state index in [2.05, 4.69) is 21.7 Å². The van der Waals surface area contributed by atoms with Gasteiger partial charge in [-0.2, -0.15) is 0 Å². The molecule has 118 valence electrons. The monoisotopic (exact) mass is 311 g/mol. The predicted octanol–water partition coefficient (Wildman–Crippen LogP) is 3.08. The Morgan fingerprint density at radius 2 is 1.87 bits per heavy atom. The topological polar surface area (TPSA) is 56.9 Å². The summed E-state index contributed by atoms with van der Waals surface area (Å²) in [4.78, 5) is 15.0. The first-order chi connectivity index (χ1) is 11.2. The van der Waals surface area contributed by atoms with Gasteiger partial charge in [0.05, 0.1) is 6.54 Å². The van der Waals surface area contributed by atoms with Crippen molar-refractivity contribution in [2.75, 3.05) is 18.4 Å². The average molecular weight is 311 g/mol. The fraction of sp³-hybridized carbons (Fsp3) is 0.167. The number of benzene rings is 2. The van der Waals surface area contributed by atoms with Crippen LogP contribution < -0.4 is 10.6 Å². The standard InChI is InChI=1S/C18H18FN3O/c19-14-5-7-15(8-6-14)21-12-18(23)20-10-9-13-11-22-17-4-2-1-3-16(13)17/h1-8,11,21-22H,9-10,12H2,(H,20,23). The van der Waals surface area contributed by atoms with Gasteiger partial charge in [-0.1, -0.05) is 18.2 Å². The van der Waals surface area contributed by atoms with E-state index in [9.17, 15) is 9.18 Å². The highest BCUT2D eigenvalue weighted by molar-refractivity contribution is 5.83. The molecule has 5 heteroatoms. The van der Waals surface area contributed by atoms with Crippen LogP contribution in [0.5, 0.6) is 0 Å². The lowest BCUT2D eigenvalue weighted by molar-refractivity contribution is -0.119. The minimum atomic E-state index is -0.293. The minimum Gasteiger partial charge on any atom is -0.376 e.